The Morgan fingerprint density at radius 1 is 1.06 bits per heavy atom. The van der Waals surface area contributed by atoms with Gasteiger partial charge in [-0.15, -0.1) is 0 Å². The minimum absolute atomic E-state index is 0.0169. The first-order valence-electron chi connectivity index (χ1n) is 9.44. The Morgan fingerprint density at radius 2 is 1.53 bits per heavy atom. The largest absolute Gasteiger partial charge is 0.478 e. The van der Waals surface area contributed by atoms with E-state index in [-0.39, 0.29) is 18.2 Å². The zero-order valence-electron chi connectivity index (χ0n) is 17.2. The van der Waals surface area contributed by atoms with E-state index in [2.05, 4.69) is 0 Å². The molecule has 1 fully saturated rings. The number of rotatable bonds is 5. The third kappa shape index (κ3) is 8.74. The van der Waals surface area contributed by atoms with Crippen LogP contribution in [-0.4, -0.2) is 51.6 Å². The van der Waals surface area contributed by atoms with Gasteiger partial charge in [0.2, 0.25) is 5.91 Å². The molecule has 14 heteroatoms. The summed E-state index contributed by atoms with van der Waals surface area (Å²) in [7, 11) is 0. The summed E-state index contributed by atoms with van der Waals surface area (Å²) >= 11 is 0. The summed E-state index contributed by atoms with van der Waals surface area (Å²) in [5, 5.41) is 24.6. The van der Waals surface area contributed by atoms with Gasteiger partial charge in [0.05, 0.1) is 23.2 Å². The second kappa shape index (κ2) is 11.5. The first-order valence-corrected chi connectivity index (χ1v) is 9.44. The molecule has 1 aromatic rings. The molecule has 4 N–H and O–H groups in total. The van der Waals surface area contributed by atoms with Gasteiger partial charge < -0.3 is 20.8 Å². The molecule has 0 saturated carbocycles. The highest BCUT2D eigenvalue weighted by Crippen LogP contribution is 2.36. The third-order valence-corrected chi connectivity index (χ3v) is 4.47. The molecule has 0 unspecified atom stereocenters. The summed E-state index contributed by atoms with van der Waals surface area (Å²) < 4.78 is 77.2. The second-order valence-corrected chi connectivity index (χ2v) is 7.05. The Morgan fingerprint density at radius 3 is 1.91 bits per heavy atom. The van der Waals surface area contributed by atoms with Crippen LogP contribution in [0.4, 0.5) is 26.3 Å². The van der Waals surface area contributed by atoms with Crippen molar-refractivity contribution in [3.63, 3.8) is 0 Å². The summed E-state index contributed by atoms with van der Waals surface area (Å²) in [6, 6.07) is 1.02. The van der Waals surface area contributed by atoms with Crippen molar-refractivity contribution in [3.8, 4) is 6.07 Å². The molecule has 1 aromatic carbocycles. The van der Waals surface area contributed by atoms with Crippen molar-refractivity contribution in [1.82, 2.24) is 4.90 Å². The van der Waals surface area contributed by atoms with Gasteiger partial charge in [0, 0.05) is 18.7 Å². The van der Waals surface area contributed by atoms with Gasteiger partial charge in [-0.1, -0.05) is 0 Å². The van der Waals surface area contributed by atoms with Crippen molar-refractivity contribution < 1.29 is 50.9 Å². The normalized spacial score (nSPS) is 17.0. The van der Waals surface area contributed by atoms with Crippen molar-refractivity contribution in [3.05, 3.63) is 47.0 Å². The number of carboxylic acid groups (broad SMARTS) is 2. The minimum atomic E-state index is -4.97. The molecular formula is C20H19F6N3O5. The van der Waals surface area contributed by atoms with E-state index in [1.165, 1.54) is 4.90 Å². The highest BCUT2D eigenvalue weighted by atomic mass is 19.4. The number of nitriles is 1. The quantitative estimate of drug-likeness (QED) is 0.421. The molecule has 1 amide bonds. The number of likely N-dealkylation sites (tertiary alicyclic amines) is 1. The van der Waals surface area contributed by atoms with Gasteiger partial charge in [0.15, 0.2) is 0 Å². The molecule has 0 aromatic heterocycles. The van der Waals surface area contributed by atoms with Crippen LogP contribution in [0.2, 0.25) is 0 Å². The van der Waals surface area contributed by atoms with E-state index >= 15 is 0 Å². The standard InChI is InChI=1S/C16H15F6N3O.C4H4O4/c17-15(18,19)10-4-9(5-11(7-10)16(20,21)22)6-13(24)14(26)25-3-1-2-12(25)8-23;5-3(6)1-2-4(7)8/h4-5,7,12-13H,1-3,6,24H2;1-2H,(H,5,6)(H,7,8)/b;2-1+/t12-,13-;/m0./s1. The lowest BCUT2D eigenvalue weighted by Gasteiger charge is -2.23. The van der Waals surface area contributed by atoms with Crippen molar-refractivity contribution in [2.45, 2.75) is 43.7 Å². The lowest BCUT2D eigenvalue weighted by atomic mass is 9.99. The van der Waals surface area contributed by atoms with Crippen molar-refractivity contribution in [2.75, 3.05) is 6.54 Å². The summed E-state index contributed by atoms with van der Waals surface area (Å²) in [5.74, 6) is -3.18. The van der Waals surface area contributed by atoms with Crippen LogP contribution in [0.25, 0.3) is 0 Å². The molecule has 34 heavy (non-hydrogen) atoms. The Labute approximate surface area is 188 Å². The smallest absolute Gasteiger partial charge is 0.416 e. The Kier molecular flexibility index (Phi) is 9.62. The van der Waals surface area contributed by atoms with Crippen LogP contribution < -0.4 is 5.73 Å². The molecule has 2 atom stereocenters. The number of carboxylic acids is 2. The van der Waals surface area contributed by atoms with Crippen LogP contribution >= 0.6 is 0 Å². The number of halogens is 6. The Balaban J connectivity index is 0.000000620. The SMILES string of the molecule is N#C[C@@H]1CCCN1C(=O)[C@@H](N)Cc1cc(C(F)(F)F)cc(C(F)(F)F)c1.O=C(O)/C=C/C(=O)O. The first-order chi connectivity index (χ1) is 15.6. The van der Waals surface area contributed by atoms with Gasteiger partial charge in [-0.3, -0.25) is 4.79 Å². The van der Waals surface area contributed by atoms with E-state index in [4.69, 9.17) is 21.2 Å². The number of carbonyl (C=O) groups excluding carboxylic acids is 1. The van der Waals surface area contributed by atoms with E-state index in [1.54, 1.807) is 0 Å². The van der Waals surface area contributed by atoms with Gasteiger partial charge in [-0.2, -0.15) is 31.6 Å². The fourth-order valence-corrected chi connectivity index (χ4v) is 3.00. The van der Waals surface area contributed by atoms with Crippen LogP contribution in [0.3, 0.4) is 0 Å². The number of nitrogens with two attached hydrogens (primary N) is 1. The third-order valence-electron chi connectivity index (χ3n) is 4.47. The average molecular weight is 495 g/mol. The second-order valence-electron chi connectivity index (χ2n) is 7.05. The van der Waals surface area contributed by atoms with Crippen molar-refractivity contribution in [1.29, 1.82) is 5.26 Å². The van der Waals surface area contributed by atoms with Gasteiger partial charge in [0.1, 0.15) is 6.04 Å². The maximum Gasteiger partial charge on any atom is 0.416 e. The summed E-state index contributed by atoms with van der Waals surface area (Å²) in [6.45, 7) is 0.279. The number of alkyl halides is 6. The highest BCUT2D eigenvalue weighted by Gasteiger charge is 2.37. The van der Waals surface area contributed by atoms with E-state index in [0.717, 1.165) is 0 Å². The molecule has 0 bridgehead atoms. The molecule has 2 rings (SSSR count). The molecule has 0 radical (unpaired) electrons. The fraction of sp³-hybridized carbons (Fsp3) is 0.400. The lowest BCUT2D eigenvalue weighted by Crippen LogP contribution is -2.46. The predicted octanol–water partition coefficient (Wildman–Crippen LogP) is 2.82. The molecule has 1 heterocycles. The van der Waals surface area contributed by atoms with Crippen molar-refractivity contribution in [2.24, 2.45) is 5.73 Å². The van der Waals surface area contributed by atoms with E-state index < -0.39 is 59.8 Å². The zero-order chi connectivity index (χ0) is 26.3. The summed E-state index contributed by atoms with van der Waals surface area (Å²) in [6.07, 6.45) is -8.28. The number of carbonyl (C=O) groups is 3. The maximum atomic E-state index is 12.9. The fourth-order valence-electron chi connectivity index (χ4n) is 3.00. The van der Waals surface area contributed by atoms with Crippen LogP contribution in [0.5, 0.6) is 0 Å². The average Bonchev–Trinajstić information content (AvgIpc) is 3.19. The first kappa shape index (κ1) is 28.4. The minimum Gasteiger partial charge on any atom is -0.478 e. The number of hydrogen-bond acceptors (Lipinski definition) is 5. The van der Waals surface area contributed by atoms with E-state index in [0.29, 0.717) is 37.1 Å². The Hall–Kier alpha value is -3.60. The monoisotopic (exact) mass is 495 g/mol. The number of hydrogen-bond donors (Lipinski definition) is 3. The van der Waals surface area contributed by atoms with Gasteiger partial charge >= 0.3 is 24.3 Å². The van der Waals surface area contributed by atoms with E-state index in [9.17, 15) is 40.7 Å². The van der Waals surface area contributed by atoms with Gasteiger partial charge in [-0.25, -0.2) is 9.59 Å². The van der Waals surface area contributed by atoms with Crippen molar-refractivity contribution >= 4 is 17.8 Å². The van der Waals surface area contributed by atoms with Gasteiger partial charge in [0.25, 0.3) is 0 Å². The number of aliphatic carboxylic acids is 2. The summed E-state index contributed by atoms with van der Waals surface area (Å²) in [5.41, 5.74) is 2.43. The van der Waals surface area contributed by atoms with Crippen LogP contribution in [0.1, 0.15) is 29.5 Å². The number of nitrogens with zero attached hydrogens (tertiary/aromatic N) is 2. The molecule has 1 aliphatic rings. The predicted molar refractivity (Wildman–Crippen MR) is 103 cm³/mol. The molecular weight excluding hydrogens is 476 g/mol. The maximum absolute atomic E-state index is 12.9. The number of amides is 1. The number of benzene rings is 1. The Bertz CT molecular complexity index is 936. The van der Waals surface area contributed by atoms with E-state index in [1.807, 2.05) is 6.07 Å². The van der Waals surface area contributed by atoms with Gasteiger partial charge in [-0.05, 0) is 43.0 Å². The lowest BCUT2D eigenvalue weighted by molar-refractivity contribution is -0.143. The molecule has 0 spiro atoms. The molecule has 1 saturated heterocycles. The zero-order valence-corrected chi connectivity index (χ0v) is 17.2. The molecule has 8 nitrogen and oxygen atoms in total. The molecule has 0 aliphatic carbocycles. The highest BCUT2D eigenvalue weighted by molar-refractivity contribution is 5.89. The van der Waals surface area contributed by atoms with Crippen LogP contribution in [0.15, 0.2) is 30.4 Å². The topological polar surface area (TPSA) is 145 Å². The van der Waals surface area contributed by atoms with Crippen LogP contribution in [-0.2, 0) is 33.2 Å². The molecule has 186 valence electrons. The molecule has 1 aliphatic heterocycles. The summed E-state index contributed by atoms with van der Waals surface area (Å²) in [4.78, 5) is 32.6. The van der Waals surface area contributed by atoms with Crippen LogP contribution in [0, 0.1) is 11.3 Å².